The van der Waals surface area contributed by atoms with Crippen molar-refractivity contribution in [2.45, 2.75) is 19.1 Å². The van der Waals surface area contributed by atoms with Crippen LogP contribution in [0.4, 0.5) is 0 Å². The average Bonchev–Trinajstić information content (AvgIpc) is 2.78. The number of aromatic nitrogens is 2. The number of hydrogen-bond donors (Lipinski definition) is 1. The molecule has 0 aliphatic carbocycles. The van der Waals surface area contributed by atoms with Gasteiger partial charge in [-0.15, -0.1) is 0 Å². The highest BCUT2D eigenvalue weighted by atomic mass is 79.9. The highest BCUT2D eigenvalue weighted by Crippen LogP contribution is 2.26. The minimum absolute atomic E-state index is 0.568. The molecule has 102 valence electrons. The Kier molecular flexibility index (Phi) is 5.13. The number of benzene rings is 1. The lowest BCUT2D eigenvalue weighted by Gasteiger charge is -2.14. The van der Waals surface area contributed by atoms with Crippen molar-refractivity contribution in [3.63, 3.8) is 0 Å². The van der Waals surface area contributed by atoms with Crippen LogP contribution in [-0.4, -0.2) is 28.6 Å². The van der Waals surface area contributed by atoms with Gasteiger partial charge in [-0.3, -0.25) is 4.68 Å². The molecule has 5 heteroatoms. The van der Waals surface area contributed by atoms with E-state index in [4.69, 9.17) is 4.74 Å². The largest absolute Gasteiger partial charge is 0.386 e. The molecule has 19 heavy (non-hydrogen) atoms. The van der Waals surface area contributed by atoms with Crippen LogP contribution in [-0.2, 0) is 17.7 Å². The van der Waals surface area contributed by atoms with Crippen LogP contribution in [0.1, 0.15) is 17.4 Å². The second kappa shape index (κ2) is 6.84. The van der Waals surface area contributed by atoms with Gasteiger partial charge in [0.15, 0.2) is 0 Å². The van der Waals surface area contributed by atoms with Crippen molar-refractivity contribution in [2.24, 2.45) is 0 Å². The molecule has 0 aliphatic rings. The summed E-state index contributed by atoms with van der Waals surface area (Å²) in [5.41, 5.74) is 1.89. The van der Waals surface area contributed by atoms with Crippen LogP contribution in [0.5, 0.6) is 0 Å². The Labute approximate surface area is 121 Å². The lowest BCUT2D eigenvalue weighted by Crippen LogP contribution is -2.14. The molecule has 1 atom stereocenters. The predicted octanol–water partition coefficient (Wildman–Crippen LogP) is 2.57. The smallest absolute Gasteiger partial charge is 0.101 e. The zero-order valence-corrected chi connectivity index (χ0v) is 12.4. The molecular formula is C14H17BrN2O2. The van der Waals surface area contributed by atoms with Gasteiger partial charge in [-0.1, -0.05) is 30.3 Å². The summed E-state index contributed by atoms with van der Waals surface area (Å²) < 4.78 is 7.66. The molecule has 1 heterocycles. The van der Waals surface area contributed by atoms with Gasteiger partial charge in [-0.25, -0.2) is 0 Å². The number of aliphatic hydroxyl groups excluding tert-OH is 1. The second-order valence-electron chi connectivity index (χ2n) is 4.30. The number of halogens is 1. The lowest BCUT2D eigenvalue weighted by molar-refractivity contribution is 0.152. The van der Waals surface area contributed by atoms with Crippen molar-refractivity contribution >= 4 is 15.9 Å². The van der Waals surface area contributed by atoms with Gasteiger partial charge in [-0.2, -0.15) is 5.10 Å². The second-order valence-corrected chi connectivity index (χ2v) is 5.15. The maximum Gasteiger partial charge on any atom is 0.101 e. The van der Waals surface area contributed by atoms with E-state index in [9.17, 15) is 5.11 Å². The molecule has 0 amide bonds. The quantitative estimate of drug-likeness (QED) is 0.888. The van der Waals surface area contributed by atoms with Crippen molar-refractivity contribution in [2.75, 3.05) is 13.7 Å². The predicted molar refractivity (Wildman–Crippen MR) is 76.9 cm³/mol. The van der Waals surface area contributed by atoms with E-state index >= 15 is 0 Å². The van der Waals surface area contributed by atoms with E-state index in [1.807, 2.05) is 30.3 Å². The van der Waals surface area contributed by atoms with Crippen LogP contribution < -0.4 is 0 Å². The fraction of sp³-hybridized carbons (Fsp3) is 0.357. The third kappa shape index (κ3) is 3.65. The maximum atomic E-state index is 10.4. The number of ether oxygens (including phenoxy) is 1. The Morgan fingerprint density at radius 2 is 2.11 bits per heavy atom. The summed E-state index contributed by atoms with van der Waals surface area (Å²) in [6.07, 6.45) is 1.69. The molecule has 1 aromatic heterocycles. The molecule has 2 rings (SSSR count). The summed E-state index contributed by atoms with van der Waals surface area (Å²) in [6.45, 7) is 1.20. The van der Waals surface area contributed by atoms with Gasteiger partial charge in [0.2, 0.25) is 0 Å². The van der Waals surface area contributed by atoms with Gasteiger partial charge in [0, 0.05) is 13.5 Å². The standard InChI is InChI=1S/C14H17BrN2O2/c1-19-8-7-17-14(12(15)10-16-17)13(18)9-11-5-3-2-4-6-11/h2-6,10,13,18H,7-9H2,1H3. The SMILES string of the molecule is COCCn1ncc(Br)c1C(O)Cc1ccccc1. The summed E-state index contributed by atoms with van der Waals surface area (Å²) in [4.78, 5) is 0. The van der Waals surface area contributed by atoms with Gasteiger partial charge in [0.25, 0.3) is 0 Å². The molecule has 0 radical (unpaired) electrons. The minimum atomic E-state index is -0.587. The molecule has 1 aromatic carbocycles. The van der Waals surface area contributed by atoms with Gasteiger partial charge < -0.3 is 9.84 Å². The molecule has 4 nitrogen and oxygen atoms in total. The van der Waals surface area contributed by atoms with Crippen molar-refractivity contribution in [3.05, 3.63) is 52.3 Å². The molecule has 0 saturated carbocycles. The Bertz CT molecular complexity index is 513. The molecule has 1 N–H and O–H groups in total. The van der Waals surface area contributed by atoms with E-state index in [1.165, 1.54) is 0 Å². The number of methoxy groups -OCH3 is 1. The molecule has 0 saturated heterocycles. The molecule has 0 fully saturated rings. The van der Waals surface area contributed by atoms with E-state index in [0.29, 0.717) is 19.6 Å². The van der Waals surface area contributed by atoms with E-state index in [-0.39, 0.29) is 0 Å². The van der Waals surface area contributed by atoms with Crippen LogP contribution >= 0.6 is 15.9 Å². The average molecular weight is 325 g/mol. The molecule has 0 spiro atoms. The number of rotatable bonds is 6. The number of nitrogens with zero attached hydrogens (tertiary/aromatic N) is 2. The molecular weight excluding hydrogens is 308 g/mol. The minimum Gasteiger partial charge on any atom is -0.386 e. The first-order valence-electron chi connectivity index (χ1n) is 6.14. The molecule has 2 aromatic rings. The lowest BCUT2D eigenvalue weighted by atomic mass is 10.1. The molecule has 1 unspecified atom stereocenters. The molecule has 0 aliphatic heterocycles. The Morgan fingerprint density at radius 3 is 2.79 bits per heavy atom. The first-order valence-corrected chi connectivity index (χ1v) is 6.93. The summed E-state index contributed by atoms with van der Waals surface area (Å²) in [5.74, 6) is 0. The Hall–Kier alpha value is -1.17. The number of aliphatic hydroxyl groups is 1. The fourth-order valence-electron chi connectivity index (χ4n) is 1.99. The van der Waals surface area contributed by atoms with E-state index in [0.717, 1.165) is 15.7 Å². The van der Waals surface area contributed by atoms with Gasteiger partial charge in [-0.05, 0) is 21.5 Å². The Morgan fingerprint density at radius 1 is 1.37 bits per heavy atom. The first-order chi connectivity index (χ1) is 9.22. The van der Waals surface area contributed by atoms with Crippen molar-refractivity contribution in [3.8, 4) is 0 Å². The van der Waals surface area contributed by atoms with Crippen LogP contribution in [0.2, 0.25) is 0 Å². The molecule has 0 bridgehead atoms. The van der Waals surface area contributed by atoms with Gasteiger partial charge in [0.05, 0.1) is 29.5 Å². The zero-order valence-electron chi connectivity index (χ0n) is 10.8. The van der Waals surface area contributed by atoms with E-state index in [2.05, 4.69) is 21.0 Å². The normalized spacial score (nSPS) is 12.6. The summed E-state index contributed by atoms with van der Waals surface area (Å²) >= 11 is 3.44. The van der Waals surface area contributed by atoms with Crippen LogP contribution in [0.3, 0.4) is 0 Å². The summed E-state index contributed by atoms with van der Waals surface area (Å²) in [5, 5.41) is 14.6. The van der Waals surface area contributed by atoms with Crippen LogP contribution in [0, 0.1) is 0 Å². The third-order valence-electron chi connectivity index (χ3n) is 2.93. The van der Waals surface area contributed by atoms with Crippen molar-refractivity contribution in [1.29, 1.82) is 0 Å². The van der Waals surface area contributed by atoms with Crippen LogP contribution in [0.15, 0.2) is 41.0 Å². The topological polar surface area (TPSA) is 47.3 Å². The first kappa shape index (κ1) is 14.2. The zero-order chi connectivity index (χ0) is 13.7. The van der Waals surface area contributed by atoms with Gasteiger partial charge >= 0.3 is 0 Å². The van der Waals surface area contributed by atoms with E-state index in [1.54, 1.807) is 18.0 Å². The van der Waals surface area contributed by atoms with E-state index < -0.39 is 6.10 Å². The Balaban J connectivity index is 2.14. The highest BCUT2D eigenvalue weighted by Gasteiger charge is 2.18. The number of hydrogen-bond acceptors (Lipinski definition) is 3. The van der Waals surface area contributed by atoms with Crippen LogP contribution in [0.25, 0.3) is 0 Å². The van der Waals surface area contributed by atoms with Crippen molar-refractivity contribution in [1.82, 2.24) is 9.78 Å². The fourth-order valence-corrected chi connectivity index (χ4v) is 2.55. The summed E-state index contributed by atoms with van der Waals surface area (Å²) in [7, 11) is 1.65. The maximum absolute atomic E-state index is 10.4. The monoisotopic (exact) mass is 324 g/mol. The third-order valence-corrected chi connectivity index (χ3v) is 3.54. The highest BCUT2D eigenvalue weighted by molar-refractivity contribution is 9.10. The van der Waals surface area contributed by atoms with Gasteiger partial charge in [0.1, 0.15) is 6.10 Å². The summed E-state index contributed by atoms with van der Waals surface area (Å²) in [6, 6.07) is 9.92. The van der Waals surface area contributed by atoms with Crippen molar-refractivity contribution < 1.29 is 9.84 Å².